The van der Waals surface area contributed by atoms with Crippen molar-refractivity contribution in [3.63, 3.8) is 0 Å². The number of carbonyl (C=O) groups is 1. The summed E-state index contributed by atoms with van der Waals surface area (Å²) in [7, 11) is 0. The lowest BCUT2D eigenvalue weighted by Gasteiger charge is -1.99. The van der Waals surface area contributed by atoms with Crippen LogP contribution in [0.5, 0.6) is 0 Å². The maximum Gasteiger partial charge on any atom is 0.303 e. The molecule has 0 aromatic carbocycles. The molecule has 19 heavy (non-hydrogen) atoms. The van der Waals surface area contributed by atoms with Crippen LogP contribution < -0.4 is 0 Å². The molecule has 0 radical (unpaired) electrons. The van der Waals surface area contributed by atoms with Crippen molar-refractivity contribution in [1.29, 1.82) is 0 Å². The summed E-state index contributed by atoms with van der Waals surface area (Å²) in [4.78, 5) is 10.3. The highest BCUT2D eigenvalue weighted by Gasteiger charge is 1.95. The number of carboxylic acid groups (broad SMARTS) is 1. The van der Waals surface area contributed by atoms with Gasteiger partial charge < -0.3 is 10.2 Å². The van der Waals surface area contributed by atoms with Crippen molar-refractivity contribution in [2.45, 2.75) is 77.0 Å². The lowest BCUT2D eigenvalue weighted by Crippen LogP contribution is -1.93. The minimum Gasteiger partial charge on any atom is -0.481 e. The van der Waals surface area contributed by atoms with E-state index in [4.69, 9.17) is 10.2 Å². The van der Waals surface area contributed by atoms with Gasteiger partial charge in [0.2, 0.25) is 0 Å². The molecule has 0 spiro atoms. The summed E-state index contributed by atoms with van der Waals surface area (Å²) < 4.78 is 0. The summed E-state index contributed by atoms with van der Waals surface area (Å²) in [5, 5.41) is 17.1. The number of carboxylic acids is 1. The zero-order valence-corrected chi connectivity index (χ0v) is 12.1. The summed E-state index contributed by atoms with van der Waals surface area (Å²) in [6, 6.07) is 0. The first-order valence-electron chi connectivity index (χ1n) is 7.75. The molecule has 0 aromatic heterocycles. The van der Waals surface area contributed by atoms with Crippen LogP contribution in [0.15, 0.2) is 12.2 Å². The third-order valence-electron chi connectivity index (χ3n) is 3.21. The minimum absolute atomic E-state index is 0.306. The smallest absolute Gasteiger partial charge is 0.303 e. The van der Waals surface area contributed by atoms with Gasteiger partial charge in [0.25, 0.3) is 0 Å². The van der Waals surface area contributed by atoms with Crippen LogP contribution >= 0.6 is 0 Å². The van der Waals surface area contributed by atoms with Gasteiger partial charge >= 0.3 is 5.97 Å². The largest absolute Gasteiger partial charge is 0.481 e. The Morgan fingerprint density at radius 1 is 0.737 bits per heavy atom. The van der Waals surface area contributed by atoms with Gasteiger partial charge in [0.05, 0.1) is 0 Å². The van der Waals surface area contributed by atoms with Crippen molar-refractivity contribution < 1.29 is 15.0 Å². The standard InChI is InChI=1S/C16H30O3/c17-15-13-11-9-7-5-3-1-2-4-6-8-10-12-14-16(18)19/h2,4,17H,1,3,5-15H2,(H,18,19)/b4-2-. The van der Waals surface area contributed by atoms with Crippen LogP contribution in [0.2, 0.25) is 0 Å². The number of rotatable bonds is 14. The Balaban J connectivity index is 3.07. The summed E-state index contributed by atoms with van der Waals surface area (Å²) in [5.41, 5.74) is 0. The molecule has 0 heterocycles. The maximum atomic E-state index is 10.3. The van der Waals surface area contributed by atoms with Crippen LogP contribution in [-0.2, 0) is 4.79 Å². The van der Waals surface area contributed by atoms with Gasteiger partial charge in [-0.25, -0.2) is 0 Å². The Morgan fingerprint density at radius 3 is 1.74 bits per heavy atom. The highest BCUT2D eigenvalue weighted by Crippen LogP contribution is 2.08. The molecule has 0 amide bonds. The first-order chi connectivity index (χ1) is 9.27. The third kappa shape index (κ3) is 17.2. The predicted molar refractivity (Wildman–Crippen MR) is 79.3 cm³/mol. The number of hydrogen-bond donors (Lipinski definition) is 2. The monoisotopic (exact) mass is 270 g/mol. The van der Waals surface area contributed by atoms with Gasteiger partial charge in [-0.1, -0.05) is 44.3 Å². The number of aliphatic hydroxyl groups excluding tert-OH is 1. The van der Waals surface area contributed by atoms with Gasteiger partial charge in [-0.3, -0.25) is 4.79 Å². The van der Waals surface area contributed by atoms with E-state index in [1.165, 1.54) is 25.7 Å². The number of aliphatic hydroxyl groups is 1. The van der Waals surface area contributed by atoms with Crippen LogP contribution in [-0.4, -0.2) is 22.8 Å². The van der Waals surface area contributed by atoms with Gasteiger partial charge in [0.15, 0.2) is 0 Å². The van der Waals surface area contributed by atoms with E-state index < -0.39 is 5.97 Å². The van der Waals surface area contributed by atoms with Gasteiger partial charge in [-0.15, -0.1) is 0 Å². The second kappa shape index (κ2) is 15.2. The van der Waals surface area contributed by atoms with Gasteiger partial charge in [0.1, 0.15) is 0 Å². The first kappa shape index (κ1) is 18.2. The predicted octanol–water partition coefficient (Wildman–Crippen LogP) is 4.30. The van der Waals surface area contributed by atoms with Crippen LogP contribution in [0, 0.1) is 0 Å². The molecule has 2 N–H and O–H groups in total. The van der Waals surface area contributed by atoms with E-state index in [1.54, 1.807) is 0 Å². The van der Waals surface area contributed by atoms with Gasteiger partial charge in [0, 0.05) is 13.0 Å². The molecule has 0 unspecified atom stereocenters. The second-order valence-electron chi connectivity index (χ2n) is 5.10. The number of hydrogen-bond acceptors (Lipinski definition) is 2. The zero-order chi connectivity index (χ0) is 14.2. The van der Waals surface area contributed by atoms with E-state index in [1.807, 2.05) is 0 Å². The molecule has 112 valence electrons. The van der Waals surface area contributed by atoms with Crippen molar-refractivity contribution in [3.05, 3.63) is 12.2 Å². The average molecular weight is 270 g/mol. The molecule has 0 aromatic rings. The summed E-state index contributed by atoms with van der Waals surface area (Å²) in [6.45, 7) is 0.329. The molecule has 0 fully saturated rings. The second-order valence-corrected chi connectivity index (χ2v) is 5.10. The Morgan fingerprint density at radius 2 is 1.21 bits per heavy atom. The van der Waals surface area contributed by atoms with Crippen LogP contribution in [0.4, 0.5) is 0 Å². The SMILES string of the molecule is O=C(O)CCCCC/C=C\CCCCCCCCO. The van der Waals surface area contributed by atoms with E-state index in [0.717, 1.165) is 44.9 Å². The first-order valence-corrected chi connectivity index (χ1v) is 7.75. The molecule has 0 aliphatic carbocycles. The lowest BCUT2D eigenvalue weighted by molar-refractivity contribution is -0.137. The summed E-state index contributed by atoms with van der Waals surface area (Å²) in [6.07, 6.45) is 17.1. The fraction of sp³-hybridized carbons (Fsp3) is 0.812. The van der Waals surface area contributed by atoms with Crippen LogP contribution in [0.1, 0.15) is 77.0 Å². The molecule has 0 aliphatic heterocycles. The Hall–Kier alpha value is -0.830. The topological polar surface area (TPSA) is 57.5 Å². The highest BCUT2D eigenvalue weighted by molar-refractivity contribution is 5.66. The van der Waals surface area contributed by atoms with Crippen molar-refractivity contribution in [3.8, 4) is 0 Å². The molecule has 0 atom stereocenters. The molecular weight excluding hydrogens is 240 g/mol. The third-order valence-corrected chi connectivity index (χ3v) is 3.21. The zero-order valence-electron chi connectivity index (χ0n) is 12.1. The molecule has 0 bridgehead atoms. The van der Waals surface area contributed by atoms with Crippen LogP contribution in [0.25, 0.3) is 0 Å². The average Bonchev–Trinajstić information content (AvgIpc) is 2.39. The fourth-order valence-electron chi connectivity index (χ4n) is 2.03. The van der Waals surface area contributed by atoms with E-state index in [9.17, 15) is 4.79 Å². The number of aliphatic carboxylic acids is 1. The maximum absolute atomic E-state index is 10.3. The van der Waals surface area contributed by atoms with Gasteiger partial charge in [-0.2, -0.15) is 0 Å². The fourth-order valence-corrected chi connectivity index (χ4v) is 2.03. The summed E-state index contributed by atoms with van der Waals surface area (Å²) in [5.74, 6) is -0.686. The molecule has 0 rings (SSSR count). The van der Waals surface area contributed by atoms with Crippen molar-refractivity contribution >= 4 is 5.97 Å². The van der Waals surface area contributed by atoms with E-state index in [0.29, 0.717) is 13.0 Å². The van der Waals surface area contributed by atoms with E-state index in [-0.39, 0.29) is 0 Å². The molecule has 3 heteroatoms. The Labute approximate surface area is 117 Å². The molecular formula is C16H30O3. The minimum atomic E-state index is -0.686. The molecule has 0 aliphatic rings. The van der Waals surface area contributed by atoms with E-state index >= 15 is 0 Å². The Bertz CT molecular complexity index is 224. The number of unbranched alkanes of at least 4 members (excludes halogenated alkanes) is 9. The highest BCUT2D eigenvalue weighted by atomic mass is 16.4. The summed E-state index contributed by atoms with van der Waals surface area (Å²) >= 11 is 0. The van der Waals surface area contributed by atoms with Crippen LogP contribution in [0.3, 0.4) is 0 Å². The molecule has 0 saturated carbocycles. The van der Waals surface area contributed by atoms with Crippen molar-refractivity contribution in [2.24, 2.45) is 0 Å². The normalized spacial score (nSPS) is 11.2. The molecule has 3 nitrogen and oxygen atoms in total. The molecule has 0 saturated heterocycles. The lowest BCUT2D eigenvalue weighted by atomic mass is 10.1. The quantitative estimate of drug-likeness (QED) is 0.365. The van der Waals surface area contributed by atoms with Gasteiger partial charge in [-0.05, 0) is 38.5 Å². The van der Waals surface area contributed by atoms with E-state index in [2.05, 4.69) is 12.2 Å². The van der Waals surface area contributed by atoms with Crippen molar-refractivity contribution in [2.75, 3.05) is 6.61 Å². The Kier molecular flexibility index (Phi) is 14.6. The van der Waals surface area contributed by atoms with Crippen molar-refractivity contribution in [1.82, 2.24) is 0 Å². The number of allylic oxidation sites excluding steroid dienone is 2.